The molecule has 0 aliphatic rings. The molecule has 118 valence electrons. The van der Waals surface area contributed by atoms with Gasteiger partial charge in [-0.25, -0.2) is 8.78 Å². The number of carbonyl (C=O) groups is 1. The monoisotopic (exact) mass is 307 g/mol. The van der Waals surface area contributed by atoms with Gasteiger partial charge in [0.25, 0.3) is 0 Å². The van der Waals surface area contributed by atoms with E-state index in [4.69, 9.17) is 0 Å². The van der Waals surface area contributed by atoms with E-state index in [0.717, 1.165) is 12.6 Å². The minimum Gasteiger partial charge on any atom is -0.356 e. The Kier molecular flexibility index (Phi) is 5.63. The molecule has 0 bridgehead atoms. The van der Waals surface area contributed by atoms with Crippen molar-refractivity contribution in [1.82, 2.24) is 15.1 Å². The van der Waals surface area contributed by atoms with E-state index in [9.17, 15) is 13.6 Å². The normalized spacial score (nSPS) is 12.1. The molecule has 0 saturated carbocycles. The molecule has 0 aliphatic heterocycles. The van der Waals surface area contributed by atoms with Gasteiger partial charge in [0, 0.05) is 38.0 Å². The second kappa shape index (κ2) is 7.68. The van der Waals surface area contributed by atoms with Crippen LogP contribution in [0.25, 0.3) is 0 Å². The van der Waals surface area contributed by atoms with Crippen LogP contribution in [0, 0.1) is 17.6 Å². The first kappa shape index (κ1) is 16.1. The lowest BCUT2D eigenvalue weighted by Crippen LogP contribution is -2.30. The molecule has 1 heterocycles. The Bertz CT molecular complexity index is 614. The Balaban J connectivity index is 1.71. The maximum Gasteiger partial charge on any atom is 0.220 e. The highest BCUT2D eigenvalue weighted by Gasteiger charge is 2.09. The van der Waals surface area contributed by atoms with Gasteiger partial charge >= 0.3 is 0 Å². The number of nitrogens with zero attached hydrogens (tertiary/aromatic N) is 2. The van der Waals surface area contributed by atoms with Crippen molar-refractivity contribution >= 4 is 5.91 Å². The number of hydrogen-bond acceptors (Lipinski definition) is 2. The molecule has 0 fully saturated rings. The lowest BCUT2D eigenvalue weighted by Gasteiger charge is -2.13. The van der Waals surface area contributed by atoms with Crippen LogP contribution in [0.15, 0.2) is 36.7 Å². The van der Waals surface area contributed by atoms with Gasteiger partial charge in [-0.2, -0.15) is 5.10 Å². The summed E-state index contributed by atoms with van der Waals surface area (Å²) in [5.41, 5.74) is 0.348. The Hall–Kier alpha value is -2.24. The number of carbonyl (C=O) groups excluding carboxylic acids is 1. The predicted molar refractivity (Wildman–Crippen MR) is 79.1 cm³/mol. The molecule has 0 spiro atoms. The standard InChI is InChI=1S/C16H19F2N3O/c1-12(11-21-8-2-7-20-21)10-19-16(22)6-4-13-3-5-14(17)9-15(13)18/h2-3,5,7-9,12H,4,6,10-11H2,1H3,(H,19,22)/t12-/m0/s1. The number of amides is 1. The van der Waals surface area contributed by atoms with Gasteiger partial charge in [0.05, 0.1) is 0 Å². The number of aryl methyl sites for hydroxylation is 1. The smallest absolute Gasteiger partial charge is 0.220 e. The van der Waals surface area contributed by atoms with E-state index in [1.165, 1.54) is 12.1 Å². The zero-order chi connectivity index (χ0) is 15.9. The molecule has 1 amide bonds. The minimum absolute atomic E-state index is 0.143. The molecular formula is C16H19F2N3O. The van der Waals surface area contributed by atoms with Gasteiger partial charge in [0.1, 0.15) is 11.6 Å². The van der Waals surface area contributed by atoms with Crippen LogP contribution in [-0.4, -0.2) is 22.2 Å². The molecule has 22 heavy (non-hydrogen) atoms. The summed E-state index contributed by atoms with van der Waals surface area (Å²) in [5.74, 6) is -1.12. The molecule has 2 aromatic rings. The average molecular weight is 307 g/mol. The van der Waals surface area contributed by atoms with Crippen LogP contribution >= 0.6 is 0 Å². The lowest BCUT2D eigenvalue weighted by molar-refractivity contribution is -0.121. The molecular weight excluding hydrogens is 288 g/mol. The van der Waals surface area contributed by atoms with Crippen LogP contribution in [0.4, 0.5) is 8.78 Å². The van der Waals surface area contributed by atoms with E-state index in [1.54, 1.807) is 6.20 Å². The van der Waals surface area contributed by atoms with E-state index in [0.29, 0.717) is 12.1 Å². The van der Waals surface area contributed by atoms with E-state index < -0.39 is 11.6 Å². The fraction of sp³-hybridized carbons (Fsp3) is 0.375. The van der Waals surface area contributed by atoms with Gasteiger partial charge in [-0.05, 0) is 30.0 Å². The van der Waals surface area contributed by atoms with Gasteiger partial charge < -0.3 is 5.32 Å². The number of hydrogen-bond donors (Lipinski definition) is 1. The molecule has 0 saturated heterocycles. The molecule has 2 rings (SSSR count). The van der Waals surface area contributed by atoms with Gasteiger partial charge in [-0.3, -0.25) is 9.48 Å². The van der Waals surface area contributed by atoms with Crippen molar-refractivity contribution in [2.24, 2.45) is 5.92 Å². The van der Waals surface area contributed by atoms with Crippen molar-refractivity contribution in [3.8, 4) is 0 Å². The summed E-state index contributed by atoms with van der Waals surface area (Å²) in [6, 6.07) is 5.25. The summed E-state index contributed by atoms with van der Waals surface area (Å²) < 4.78 is 28.0. The van der Waals surface area contributed by atoms with Gasteiger partial charge in [-0.15, -0.1) is 0 Å². The van der Waals surface area contributed by atoms with Gasteiger partial charge in [-0.1, -0.05) is 13.0 Å². The summed E-state index contributed by atoms with van der Waals surface area (Å²) in [4.78, 5) is 11.8. The van der Waals surface area contributed by atoms with Gasteiger partial charge in [0.2, 0.25) is 5.91 Å². The minimum atomic E-state index is -0.613. The highest BCUT2D eigenvalue weighted by molar-refractivity contribution is 5.76. The van der Waals surface area contributed by atoms with Crippen LogP contribution in [0.5, 0.6) is 0 Å². The van der Waals surface area contributed by atoms with Gasteiger partial charge in [0.15, 0.2) is 0 Å². The Labute approximate surface area is 128 Å². The SMILES string of the molecule is C[C@@H](CNC(=O)CCc1ccc(F)cc1F)Cn1cccn1. The second-order valence-corrected chi connectivity index (χ2v) is 5.37. The topological polar surface area (TPSA) is 46.9 Å². The zero-order valence-corrected chi connectivity index (χ0v) is 12.4. The summed E-state index contributed by atoms with van der Waals surface area (Å²) in [5, 5.41) is 6.93. The van der Waals surface area contributed by atoms with Crippen molar-refractivity contribution in [1.29, 1.82) is 0 Å². The molecule has 1 aromatic heterocycles. The van der Waals surface area contributed by atoms with Crippen LogP contribution in [0.1, 0.15) is 18.9 Å². The van der Waals surface area contributed by atoms with Crippen LogP contribution in [0.3, 0.4) is 0 Å². The number of benzene rings is 1. The summed E-state index contributed by atoms with van der Waals surface area (Å²) in [6.07, 6.45) is 4.01. The van der Waals surface area contributed by atoms with E-state index >= 15 is 0 Å². The lowest BCUT2D eigenvalue weighted by atomic mass is 10.1. The zero-order valence-electron chi connectivity index (χ0n) is 12.4. The molecule has 0 unspecified atom stereocenters. The molecule has 1 aromatic carbocycles. The first-order chi connectivity index (χ1) is 10.5. The highest BCUT2D eigenvalue weighted by atomic mass is 19.1. The highest BCUT2D eigenvalue weighted by Crippen LogP contribution is 2.11. The van der Waals surface area contributed by atoms with Crippen molar-refractivity contribution in [2.45, 2.75) is 26.3 Å². The Morgan fingerprint density at radius 3 is 2.91 bits per heavy atom. The number of nitrogens with one attached hydrogen (secondary N) is 1. The average Bonchev–Trinajstić information content (AvgIpc) is 2.97. The van der Waals surface area contributed by atoms with E-state index in [-0.39, 0.29) is 24.7 Å². The molecule has 4 nitrogen and oxygen atoms in total. The Morgan fingerprint density at radius 2 is 2.23 bits per heavy atom. The Morgan fingerprint density at radius 1 is 1.41 bits per heavy atom. The molecule has 6 heteroatoms. The van der Waals surface area contributed by atoms with Crippen molar-refractivity contribution in [2.75, 3.05) is 6.54 Å². The summed E-state index contributed by atoms with van der Waals surface area (Å²) >= 11 is 0. The second-order valence-electron chi connectivity index (χ2n) is 5.37. The van der Waals surface area contributed by atoms with E-state index in [2.05, 4.69) is 10.4 Å². The van der Waals surface area contributed by atoms with Crippen molar-refractivity contribution in [3.05, 3.63) is 53.9 Å². The van der Waals surface area contributed by atoms with E-state index in [1.807, 2.05) is 23.9 Å². The molecule has 1 atom stereocenters. The number of rotatable bonds is 7. The third-order valence-corrected chi connectivity index (χ3v) is 3.34. The third kappa shape index (κ3) is 4.95. The fourth-order valence-corrected chi connectivity index (χ4v) is 2.14. The number of aromatic nitrogens is 2. The maximum absolute atomic E-state index is 13.4. The molecule has 0 aliphatic carbocycles. The van der Waals surface area contributed by atoms with Crippen LogP contribution < -0.4 is 5.32 Å². The number of halogens is 2. The predicted octanol–water partition coefficient (Wildman–Crippen LogP) is 2.55. The molecule has 0 radical (unpaired) electrons. The van der Waals surface area contributed by atoms with Crippen LogP contribution in [0.2, 0.25) is 0 Å². The largest absolute Gasteiger partial charge is 0.356 e. The third-order valence-electron chi connectivity index (χ3n) is 3.34. The quantitative estimate of drug-likeness (QED) is 0.854. The fourth-order valence-electron chi connectivity index (χ4n) is 2.14. The molecule has 1 N–H and O–H groups in total. The van der Waals surface area contributed by atoms with Crippen molar-refractivity contribution in [3.63, 3.8) is 0 Å². The van der Waals surface area contributed by atoms with Crippen molar-refractivity contribution < 1.29 is 13.6 Å². The summed E-state index contributed by atoms with van der Waals surface area (Å²) in [6.45, 7) is 3.27. The summed E-state index contributed by atoms with van der Waals surface area (Å²) in [7, 11) is 0. The maximum atomic E-state index is 13.4. The first-order valence-corrected chi connectivity index (χ1v) is 7.22. The van der Waals surface area contributed by atoms with Crippen LogP contribution in [-0.2, 0) is 17.8 Å². The first-order valence-electron chi connectivity index (χ1n) is 7.22.